The van der Waals surface area contributed by atoms with Crippen LogP contribution in [0.2, 0.25) is 0 Å². The van der Waals surface area contributed by atoms with E-state index in [1.807, 2.05) is 30.9 Å². The van der Waals surface area contributed by atoms with Gasteiger partial charge in [0, 0.05) is 0 Å². The van der Waals surface area contributed by atoms with Crippen LogP contribution in [-0.2, 0) is 30.3 Å². The van der Waals surface area contributed by atoms with Crippen molar-refractivity contribution in [2.24, 2.45) is 7.05 Å². The molecule has 0 fully saturated rings. The van der Waals surface area contributed by atoms with Crippen molar-refractivity contribution in [3.05, 3.63) is 123 Å². The molecule has 0 radical (unpaired) electrons. The molecule has 4 heterocycles. The van der Waals surface area contributed by atoms with Gasteiger partial charge in [0.05, 0.1) is 0 Å². The van der Waals surface area contributed by atoms with Crippen LogP contribution in [0.4, 0.5) is 10.1 Å². The van der Waals surface area contributed by atoms with Gasteiger partial charge in [-0.25, -0.2) is 4.39 Å². The molecule has 0 bridgehead atoms. The second-order valence-corrected chi connectivity index (χ2v) is 15.6. The molecule has 0 saturated carbocycles. The number of pyridine rings is 1. The van der Waals surface area contributed by atoms with Crippen molar-refractivity contribution in [2.45, 2.75) is 39.3 Å². The van der Waals surface area contributed by atoms with Crippen molar-refractivity contribution >= 4 is 22.4 Å². The molecule has 2 aliphatic rings. The molecule has 2 aromatic heterocycles. The van der Waals surface area contributed by atoms with Crippen LogP contribution in [0, 0.1) is 11.0 Å². The fourth-order valence-electron chi connectivity index (χ4n) is 6.04. The molecule has 4 aromatic rings. The van der Waals surface area contributed by atoms with E-state index in [1.165, 1.54) is 21.7 Å². The van der Waals surface area contributed by atoms with Gasteiger partial charge in [-0.2, -0.15) is 0 Å². The monoisotopic (exact) mass is 779 g/mol. The summed E-state index contributed by atoms with van der Waals surface area (Å²) in [6.45, 7) is 5.97. The number of likely N-dealkylation sites (N-methyl/N-ethyl adjacent to an activating group) is 1. The number of nitrogens with zero attached hydrogens (tertiary/aromatic N) is 4. The molecule has 1 amide bonds. The zero-order valence-electron chi connectivity index (χ0n) is 27.8. The summed E-state index contributed by atoms with van der Waals surface area (Å²) in [7, 11) is 3.25. The van der Waals surface area contributed by atoms with Crippen molar-refractivity contribution < 1.29 is 40.6 Å². The Kier molecular flexibility index (Phi) is 9.46. The maximum atomic E-state index is 15.5. The molecular weight excluding hydrogens is 742 g/mol. The number of hydrogen-bond acceptors (Lipinski definition) is 7. The Hall–Kier alpha value is -4.44. The molecule has 13 heteroatoms. The van der Waals surface area contributed by atoms with Gasteiger partial charge in [0.1, 0.15) is 0 Å². The first kappa shape index (κ1) is 34.4. The Morgan fingerprint density at radius 2 is 1.92 bits per heavy atom. The topological polar surface area (TPSA) is 137 Å². The van der Waals surface area contributed by atoms with Crippen LogP contribution >= 0.6 is 0 Å². The van der Waals surface area contributed by atoms with Gasteiger partial charge in [-0.1, -0.05) is 20.8 Å². The van der Waals surface area contributed by atoms with Crippen LogP contribution in [0.5, 0.6) is 0 Å². The molecule has 256 valence electrons. The van der Waals surface area contributed by atoms with Crippen LogP contribution in [0.25, 0.3) is 27.6 Å². The minimum atomic E-state index is -0.735. The number of aromatic nitrogens is 3. The summed E-state index contributed by atoms with van der Waals surface area (Å²) in [6, 6.07) is 10.2. The van der Waals surface area contributed by atoms with E-state index < -0.39 is 32.6 Å². The van der Waals surface area contributed by atoms with Crippen molar-refractivity contribution in [3.63, 3.8) is 0 Å². The number of rotatable bonds is 6. The van der Waals surface area contributed by atoms with Gasteiger partial charge in [0.15, 0.2) is 0 Å². The number of amides is 1. The average Bonchev–Trinajstić information content (AvgIpc) is 3.37. The number of halogens is 2. The number of nitrogens with one attached hydrogen (secondary N) is 2. The van der Waals surface area contributed by atoms with Crippen molar-refractivity contribution in [3.8, 4) is 16.8 Å². The van der Waals surface area contributed by atoms with Gasteiger partial charge in [0.25, 0.3) is 0 Å². The number of carbonyl (C=O) groups is 1. The molecular formula is C36H37FIN6O5-. The first-order valence-electron chi connectivity index (χ1n) is 15.7. The molecule has 2 aromatic carbocycles. The Morgan fingerprint density at radius 1 is 1.14 bits per heavy atom. The Labute approximate surface area is 292 Å². The predicted molar refractivity (Wildman–Crippen MR) is 182 cm³/mol. The summed E-state index contributed by atoms with van der Waals surface area (Å²) >= 11 is -0.735. The Bertz CT molecular complexity index is 2210. The van der Waals surface area contributed by atoms with Gasteiger partial charge in [0.2, 0.25) is 0 Å². The molecule has 2 aliphatic heterocycles. The van der Waals surface area contributed by atoms with E-state index in [-0.39, 0.29) is 53.6 Å². The zero-order chi connectivity index (χ0) is 35.2. The molecule has 11 nitrogen and oxygen atoms in total. The number of aliphatic hydroxyl groups excluding tert-OH is 1. The Morgan fingerprint density at radius 3 is 2.65 bits per heavy atom. The first-order chi connectivity index (χ1) is 23.3. The third-order valence-electron chi connectivity index (χ3n) is 8.77. The summed E-state index contributed by atoms with van der Waals surface area (Å²) in [4.78, 5) is 41.6. The number of hydroxylamine groups is 2. The van der Waals surface area contributed by atoms with E-state index in [2.05, 4.69) is 10.4 Å². The number of fused-ring (bicyclic) bond motifs is 4. The summed E-state index contributed by atoms with van der Waals surface area (Å²) in [5.74, 6) is -0.853. The fourth-order valence-corrected chi connectivity index (χ4v) is 7.83. The second kappa shape index (κ2) is 13.5. The summed E-state index contributed by atoms with van der Waals surface area (Å²) in [5.41, 5.74) is 3.02. The average molecular weight is 780 g/mol. The molecule has 6 rings (SSSR count). The molecule has 0 spiro atoms. The van der Waals surface area contributed by atoms with E-state index >= 15 is 4.39 Å². The maximum absolute atomic E-state index is 15.5. The summed E-state index contributed by atoms with van der Waals surface area (Å²) < 4.78 is 20.8. The number of allylic oxidation sites excluding steroid dienone is 2. The van der Waals surface area contributed by atoms with Crippen LogP contribution in [0.1, 0.15) is 37.6 Å². The first-order valence-corrected chi connectivity index (χ1v) is 18.1. The van der Waals surface area contributed by atoms with Crippen molar-refractivity contribution in [1.82, 2.24) is 19.2 Å². The van der Waals surface area contributed by atoms with Crippen LogP contribution in [0.3, 0.4) is 0 Å². The number of quaternary nitrogens is 1. The van der Waals surface area contributed by atoms with E-state index in [0.29, 0.717) is 44.7 Å². The number of hydrogen-bond donors (Lipinski definition) is 3. The van der Waals surface area contributed by atoms with Crippen LogP contribution in [0.15, 0.2) is 83.8 Å². The van der Waals surface area contributed by atoms with Gasteiger partial charge < -0.3 is 0 Å². The van der Waals surface area contributed by atoms with Crippen LogP contribution < -0.4 is 42.7 Å². The van der Waals surface area contributed by atoms with Crippen molar-refractivity contribution in [1.29, 1.82) is 0 Å². The molecule has 0 saturated heterocycles. The van der Waals surface area contributed by atoms with Crippen molar-refractivity contribution in [2.75, 3.05) is 25.5 Å². The third kappa shape index (κ3) is 6.63. The zero-order valence-corrected chi connectivity index (χ0v) is 30.0. The summed E-state index contributed by atoms with van der Waals surface area (Å²) in [6.07, 6.45) is 6.71. The second-order valence-electron chi connectivity index (χ2n) is 13.1. The molecule has 0 aliphatic carbocycles. The van der Waals surface area contributed by atoms with E-state index in [0.717, 1.165) is 13.9 Å². The predicted octanol–water partition coefficient (Wildman–Crippen LogP) is -0.169. The standard InChI is InChI=1S/C36H37FIN6O5/c1-36(2,3)23-15-22-18-39-44(35(48)32(22)27(37)16-23)29-8-6-7-24-25-17-28(34(47)42(5)30(25)20-43(49)19-26(24)29)40-31-10-9-21(11-12-38-31)33(46)41(4)13-14-45/h6-12,15-18,40,43,45H,13-14,19-20H2,1-5H3/q-1. The third-order valence-corrected chi connectivity index (χ3v) is 10.8. The SMILES string of the molecule is CN(CCO)C(=O)C1=CC=C(Nc2cc3c(n(C)c2=O)C[NH+]([O-])Cc2c-3cccc2-n2ncc3cc(C(C)(C)C)cc(F)c3c2=O)[I-]C=C1. The number of benzene rings is 2. The van der Waals surface area contributed by atoms with Gasteiger partial charge in [-0.15, -0.1) is 0 Å². The van der Waals surface area contributed by atoms with Gasteiger partial charge >= 0.3 is 245 Å². The fraction of sp³-hybridized carbons (Fsp3) is 0.278. The normalized spacial score (nSPS) is 16.0. The van der Waals surface area contributed by atoms with E-state index in [9.17, 15) is 24.7 Å². The minimum absolute atomic E-state index is 0.00760. The quantitative estimate of drug-likeness (QED) is 0.141. The molecule has 3 N–H and O–H groups in total. The molecule has 1 atom stereocenters. The van der Waals surface area contributed by atoms with Gasteiger partial charge in [-0.3, -0.25) is 0 Å². The van der Waals surface area contributed by atoms with E-state index in [4.69, 9.17) is 0 Å². The number of carbonyl (C=O) groups excluding carboxylic acids is 1. The summed E-state index contributed by atoms with van der Waals surface area (Å²) in [5, 5.41) is 30.5. The van der Waals surface area contributed by atoms with Gasteiger partial charge in [-0.05, 0) is 23.1 Å². The number of aliphatic hydroxyl groups is 1. The Balaban J connectivity index is 1.44. The number of anilines is 1. The molecule has 49 heavy (non-hydrogen) atoms. The van der Waals surface area contributed by atoms with E-state index in [1.54, 1.807) is 56.6 Å². The molecule has 1 unspecified atom stereocenters. The van der Waals surface area contributed by atoms with Crippen LogP contribution in [-0.4, -0.2) is 50.5 Å².